The highest BCUT2D eigenvalue weighted by atomic mass is 31.2. The van der Waals surface area contributed by atoms with Crippen molar-refractivity contribution in [2.24, 2.45) is 0 Å². The van der Waals surface area contributed by atoms with Crippen molar-refractivity contribution in [3.05, 3.63) is 73.0 Å². The van der Waals surface area contributed by atoms with Crippen molar-refractivity contribution in [1.29, 1.82) is 0 Å². The zero-order chi connectivity index (χ0) is 38.9. The molecule has 0 saturated carbocycles. The van der Waals surface area contributed by atoms with Crippen LogP contribution in [0.2, 0.25) is 0 Å². The number of H-pyrrole nitrogens is 2. The number of anilines is 1. The number of aromatic amines is 2. The van der Waals surface area contributed by atoms with E-state index in [2.05, 4.69) is 19.9 Å². The van der Waals surface area contributed by atoms with Gasteiger partial charge in [0, 0.05) is 31.8 Å². The summed E-state index contributed by atoms with van der Waals surface area (Å²) in [7, 11) is 1.57. The number of nitrogens with two attached hydrogens (primary N) is 1. The van der Waals surface area contributed by atoms with Gasteiger partial charge in [-0.2, -0.15) is 4.98 Å². The Kier molecular flexibility index (Phi) is 11.7. The highest BCUT2D eigenvalue weighted by Crippen LogP contribution is 2.55. The predicted molar refractivity (Wildman–Crippen MR) is 189 cm³/mol. The third kappa shape index (κ3) is 7.72. The molecular formula is C32H43N8O13P. The molecule has 22 heteroatoms. The molecule has 2 fully saturated rings. The van der Waals surface area contributed by atoms with E-state index in [-0.39, 0.29) is 35.6 Å². The first-order valence-electron chi connectivity index (χ1n) is 16.8. The number of aromatic nitrogens is 6. The number of rotatable bonds is 15. The maximum atomic E-state index is 14.9. The van der Waals surface area contributed by atoms with Crippen LogP contribution in [0.15, 0.2) is 45.1 Å². The van der Waals surface area contributed by atoms with Gasteiger partial charge in [0.1, 0.15) is 36.7 Å². The third-order valence-electron chi connectivity index (χ3n) is 9.39. The number of nitrogens with zero attached hydrogens (tertiary/aromatic N) is 5. The minimum atomic E-state index is -4.35. The SMILES string of the molecule is COc1ccc(CCN(C)P(=O)(OC[C@H]2O[C@@H](n3cnc4c(=O)[nH]c(N)nc43)[C@@H](OC)C2O)OC2C[C@H](n3cc(C)c(=O)[nH]c3=O)O[C@@H]2CO)cc1OC. The van der Waals surface area contributed by atoms with E-state index < -0.39 is 80.7 Å². The topological polar surface area (TPSA) is 270 Å². The fourth-order valence-electron chi connectivity index (χ4n) is 6.41. The molecule has 0 aliphatic carbocycles. The lowest BCUT2D eigenvalue weighted by Gasteiger charge is -2.31. The molecule has 6 rings (SSSR count). The van der Waals surface area contributed by atoms with Gasteiger partial charge in [-0.05, 0) is 38.1 Å². The van der Waals surface area contributed by atoms with Gasteiger partial charge in [0.15, 0.2) is 28.9 Å². The first-order chi connectivity index (χ1) is 25.8. The third-order valence-corrected chi connectivity index (χ3v) is 11.4. The van der Waals surface area contributed by atoms with Crippen LogP contribution < -0.4 is 32.0 Å². The Morgan fingerprint density at radius 2 is 1.83 bits per heavy atom. The Hall–Kier alpha value is -4.44. The zero-order valence-corrected chi connectivity index (χ0v) is 31.0. The second kappa shape index (κ2) is 16.1. The molecule has 1 aromatic carbocycles. The molecule has 2 aliphatic heterocycles. The monoisotopic (exact) mass is 778 g/mol. The Morgan fingerprint density at radius 1 is 1.07 bits per heavy atom. The van der Waals surface area contributed by atoms with Crippen LogP contribution in [0.4, 0.5) is 5.95 Å². The highest BCUT2D eigenvalue weighted by molar-refractivity contribution is 7.51. The van der Waals surface area contributed by atoms with Crippen LogP contribution in [0.1, 0.15) is 30.0 Å². The van der Waals surface area contributed by atoms with Gasteiger partial charge in [0.2, 0.25) is 5.95 Å². The molecule has 2 aliphatic rings. The molecule has 294 valence electrons. The summed E-state index contributed by atoms with van der Waals surface area (Å²) >= 11 is 0. The van der Waals surface area contributed by atoms with Gasteiger partial charge in [-0.25, -0.2) is 19.0 Å². The number of hydrogen-bond acceptors (Lipinski definition) is 16. The van der Waals surface area contributed by atoms with Gasteiger partial charge in [0.25, 0.3) is 11.1 Å². The number of aliphatic hydroxyl groups excluding tert-OH is 2. The zero-order valence-electron chi connectivity index (χ0n) is 30.1. The molecular weight excluding hydrogens is 735 g/mol. The number of ether oxygens (including phenoxy) is 5. The van der Waals surface area contributed by atoms with Crippen LogP contribution in [-0.4, -0.2) is 123 Å². The first kappa shape index (κ1) is 39.3. The van der Waals surface area contributed by atoms with Gasteiger partial charge in [0.05, 0.1) is 33.8 Å². The minimum Gasteiger partial charge on any atom is -0.493 e. The van der Waals surface area contributed by atoms with E-state index in [4.69, 9.17) is 38.5 Å². The van der Waals surface area contributed by atoms with Gasteiger partial charge >= 0.3 is 13.4 Å². The average Bonchev–Trinajstić information content (AvgIpc) is 3.85. The van der Waals surface area contributed by atoms with Crippen molar-refractivity contribution in [3.63, 3.8) is 0 Å². The van der Waals surface area contributed by atoms with Crippen LogP contribution in [0.25, 0.3) is 11.2 Å². The maximum absolute atomic E-state index is 14.9. The van der Waals surface area contributed by atoms with Crippen LogP contribution in [0.5, 0.6) is 11.5 Å². The van der Waals surface area contributed by atoms with Crippen LogP contribution in [-0.2, 0) is 34.2 Å². The number of benzene rings is 1. The normalized spacial score (nSPS) is 25.4. The molecule has 54 heavy (non-hydrogen) atoms. The van der Waals surface area contributed by atoms with Crippen LogP contribution in [0.3, 0.4) is 0 Å². The second-order valence-electron chi connectivity index (χ2n) is 12.8. The quantitative estimate of drug-likeness (QED) is 0.0979. The molecule has 8 atom stereocenters. The Morgan fingerprint density at radius 3 is 2.54 bits per heavy atom. The van der Waals surface area contributed by atoms with Crippen LogP contribution >= 0.6 is 7.75 Å². The van der Waals surface area contributed by atoms with E-state index in [9.17, 15) is 29.2 Å². The van der Waals surface area contributed by atoms with Crippen LogP contribution in [0, 0.1) is 6.92 Å². The van der Waals surface area contributed by atoms with E-state index in [0.717, 1.165) is 5.56 Å². The number of nitrogen functional groups attached to an aromatic ring is 1. The summed E-state index contributed by atoms with van der Waals surface area (Å²) in [5.41, 5.74) is 5.05. The van der Waals surface area contributed by atoms with Gasteiger partial charge in [-0.15, -0.1) is 0 Å². The second-order valence-corrected chi connectivity index (χ2v) is 14.9. The molecule has 21 nitrogen and oxygen atoms in total. The Balaban J connectivity index is 1.25. The van der Waals surface area contributed by atoms with E-state index in [1.165, 1.54) is 61.6 Å². The smallest absolute Gasteiger partial charge is 0.408 e. The summed E-state index contributed by atoms with van der Waals surface area (Å²) in [4.78, 5) is 49.9. The summed E-state index contributed by atoms with van der Waals surface area (Å²) in [5, 5.41) is 21.6. The molecule has 0 amide bonds. The first-order valence-corrected chi connectivity index (χ1v) is 18.3. The van der Waals surface area contributed by atoms with Gasteiger partial charge < -0.3 is 39.6 Å². The largest absolute Gasteiger partial charge is 0.493 e. The molecule has 3 aromatic heterocycles. The molecule has 0 spiro atoms. The molecule has 6 N–H and O–H groups in total. The van der Waals surface area contributed by atoms with Gasteiger partial charge in [-0.3, -0.25) is 37.7 Å². The number of imidazole rings is 1. The highest BCUT2D eigenvalue weighted by Gasteiger charge is 2.49. The lowest BCUT2D eigenvalue weighted by molar-refractivity contribution is -0.0614. The number of methoxy groups -OCH3 is 3. The Bertz CT molecular complexity index is 2190. The number of aryl methyl sites for hydroxylation is 1. The van der Waals surface area contributed by atoms with Crippen molar-refractivity contribution in [2.75, 3.05) is 53.9 Å². The predicted octanol–water partition coefficient (Wildman–Crippen LogP) is -0.185. The number of aliphatic hydroxyl groups is 2. The van der Waals surface area contributed by atoms with E-state index in [1.54, 1.807) is 12.1 Å². The molecule has 5 heterocycles. The fraction of sp³-hybridized carbons (Fsp3) is 0.531. The maximum Gasteiger partial charge on any atom is 0.408 e. The molecule has 3 unspecified atom stereocenters. The molecule has 0 radical (unpaired) electrons. The standard InChI is InChI=1S/C32H43N8O13P/c1-16-12-39(32(45)37-28(16)43)23-11-20(21(13-41)51-23)53-54(46,38(2)9-8-17-6-7-18(47-3)19(10-17)48-4)50-14-22-25(42)26(49-5)30(52-22)40-15-34-24-27(40)35-31(33)36-29(24)44/h6-7,10,12,15,20-23,25-26,30,41-42H,8-9,11,13-14H2,1-5H3,(H,37,43,45)(H3,33,35,36,44)/t20?,21-,22-,23-,25?,26+,30-,54?/m1/s1. The number of nitrogens with one attached hydrogen (secondary N) is 2. The van der Waals surface area contributed by atoms with E-state index in [1.807, 2.05) is 6.07 Å². The van der Waals surface area contributed by atoms with Crippen molar-refractivity contribution in [1.82, 2.24) is 33.7 Å². The minimum absolute atomic E-state index is 0.0133. The lowest BCUT2D eigenvalue weighted by atomic mass is 10.1. The summed E-state index contributed by atoms with van der Waals surface area (Å²) < 4.78 is 59.5. The van der Waals surface area contributed by atoms with Crippen molar-refractivity contribution < 1.29 is 47.5 Å². The van der Waals surface area contributed by atoms with E-state index >= 15 is 0 Å². The summed E-state index contributed by atoms with van der Waals surface area (Å²) in [6, 6.07) is 5.35. The van der Waals surface area contributed by atoms with Crippen molar-refractivity contribution >= 4 is 24.9 Å². The molecule has 2 saturated heterocycles. The Labute approximate surface area is 307 Å². The number of fused-ring (bicyclic) bond motifs is 1. The number of likely N-dealkylation sites (N-methyl/N-ethyl adjacent to an activating group) is 1. The van der Waals surface area contributed by atoms with E-state index in [0.29, 0.717) is 17.9 Å². The van der Waals surface area contributed by atoms with Gasteiger partial charge in [-0.1, -0.05) is 6.07 Å². The summed E-state index contributed by atoms with van der Waals surface area (Å²) in [6.07, 6.45) is -4.69. The van der Waals surface area contributed by atoms with Crippen molar-refractivity contribution in [3.8, 4) is 11.5 Å². The summed E-state index contributed by atoms with van der Waals surface area (Å²) in [6.45, 7) is 0.620. The molecule has 0 bridgehead atoms. The fourth-order valence-corrected chi connectivity index (χ4v) is 8.07. The lowest BCUT2D eigenvalue weighted by Crippen LogP contribution is -2.36. The van der Waals surface area contributed by atoms with Crippen molar-refractivity contribution in [2.45, 2.75) is 62.7 Å². The summed E-state index contributed by atoms with van der Waals surface area (Å²) in [5.74, 6) is 0.881. The number of hydrogen-bond donors (Lipinski definition) is 5. The average molecular weight is 779 g/mol. The molecule has 4 aromatic rings.